The number of hydrogen-bond acceptors (Lipinski definition) is 2. The van der Waals surface area contributed by atoms with Gasteiger partial charge in [-0.15, -0.1) is 0 Å². The van der Waals surface area contributed by atoms with Crippen LogP contribution >= 0.6 is 0 Å². The molecule has 1 aromatic carbocycles. The number of halogens is 2. The highest BCUT2D eigenvalue weighted by Gasteiger charge is 2.22. The van der Waals surface area contributed by atoms with Gasteiger partial charge in [-0.05, 0) is 31.4 Å². The Morgan fingerprint density at radius 2 is 2.14 bits per heavy atom. The summed E-state index contributed by atoms with van der Waals surface area (Å²) in [5, 5.41) is 7.76. The van der Waals surface area contributed by atoms with E-state index >= 15 is 0 Å². The van der Waals surface area contributed by atoms with E-state index in [4.69, 9.17) is 0 Å². The third-order valence-corrected chi connectivity index (χ3v) is 3.74. The zero-order chi connectivity index (χ0) is 14.8. The van der Waals surface area contributed by atoms with Gasteiger partial charge in [0.1, 0.15) is 11.5 Å². The van der Waals surface area contributed by atoms with Crippen molar-refractivity contribution in [3.8, 4) is 5.69 Å². The van der Waals surface area contributed by atoms with Gasteiger partial charge in [-0.3, -0.25) is 0 Å². The third-order valence-electron chi connectivity index (χ3n) is 3.74. The molecule has 1 N–H and O–H groups in total. The minimum atomic E-state index is -0.586. The van der Waals surface area contributed by atoms with E-state index in [0.717, 1.165) is 36.7 Å². The molecule has 0 saturated heterocycles. The highest BCUT2D eigenvalue weighted by atomic mass is 19.1. The Morgan fingerprint density at radius 1 is 1.33 bits per heavy atom. The monoisotopic (exact) mass is 291 g/mol. The van der Waals surface area contributed by atoms with Crippen LogP contribution in [-0.4, -0.2) is 15.8 Å². The predicted molar refractivity (Wildman–Crippen MR) is 77.3 cm³/mol. The number of aromatic nitrogens is 2. The first kappa shape index (κ1) is 14.2. The van der Waals surface area contributed by atoms with Crippen LogP contribution in [-0.2, 0) is 13.0 Å². The molecular formula is C16H19F2N3. The quantitative estimate of drug-likeness (QED) is 0.884. The van der Waals surface area contributed by atoms with Gasteiger partial charge >= 0.3 is 0 Å². The van der Waals surface area contributed by atoms with Crippen molar-refractivity contribution in [1.82, 2.24) is 15.1 Å². The average molecular weight is 291 g/mol. The van der Waals surface area contributed by atoms with E-state index in [1.807, 2.05) is 0 Å². The highest BCUT2D eigenvalue weighted by molar-refractivity contribution is 5.37. The van der Waals surface area contributed by atoms with E-state index in [1.54, 1.807) is 10.9 Å². The third kappa shape index (κ3) is 3.13. The molecule has 21 heavy (non-hydrogen) atoms. The van der Waals surface area contributed by atoms with E-state index in [0.29, 0.717) is 11.7 Å². The molecule has 2 aromatic rings. The second kappa shape index (κ2) is 5.93. The number of benzene rings is 1. The van der Waals surface area contributed by atoms with Crippen molar-refractivity contribution in [2.75, 3.05) is 0 Å². The first-order chi connectivity index (χ1) is 10.2. The maximum Gasteiger partial charge on any atom is 0.151 e. The summed E-state index contributed by atoms with van der Waals surface area (Å²) in [6.07, 6.45) is 6.00. The lowest BCUT2D eigenvalue weighted by Crippen LogP contribution is -2.16. The van der Waals surface area contributed by atoms with Gasteiger partial charge in [0.15, 0.2) is 5.82 Å². The summed E-state index contributed by atoms with van der Waals surface area (Å²) in [6, 6.07) is 4.22. The maximum atomic E-state index is 14.0. The molecule has 1 heterocycles. The maximum absolute atomic E-state index is 14.0. The molecule has 0 radical (unpaired) electrons. The van der Waals surface area contributed by atoms with E-state index < -0.39 is 11.6 Å². The first-order valence-electron chi connectivity index (χ1n) is 7.43. The Labute approximate surface area is 123 Å². The fraction of sp³-hybridized carbons (Fsp3) is 0.438. The summed E-state index contributed by atoms with van der Waals surface area (Å²) >= 11 is 0. The van der Waals surface area contributed by atoms with E-state index in [2.05, 4.69) is 17.3 Å². The molecule has 0 spiro atoms. The molecule has 112 valence electrons. The number of rotatable bonds is 6. The van der Waals surface area contributed by atoms with Crippen molar-refractivity contribution >= 4 is 0 Å². The first-order valence-corrected chi connectivity index (χ1v) is 7.43. The zero-order valence-electron chi connectivity index (χ0n) is 12.1. The molecule has 0 aliphatic heterocycles. The fourth-order valence-electron chi connectivity index (χ4n) is 2.46. The van der Waals surface area contributed by atoms with Crippen molar-refractivity contribution in [3.63, 3.8) is 0 Å². The smallest absolute Gasteiger partial charge is 0.151 e. The van der Waals surface area contributed by atoms with E-state index in [1.165, 1.54) is 25.0 Å². The van der Waals surface area contributed by atoms with Gasteiger partial charge in [-0.2, -0.15) is 5.10 Å². The van der Waals surface area contributed by atoms with Crippen molar-refractivity contribution in [2.24, 2.45) is 0 Å². The molecule has 0 atom stereocenters. The topological polar surface area (TPSA) is 29.9 Å². The Morgan fingerprint density at radius 3 is 2.81 bits per heavy atom. The van der Waals surface area contributed by atoms with Crippen LogP contribution in [0.15, 0.2) is 24.4 Å². The zero-order valence-corrected chi connectivity index (χ0v) is 12.1. The number of nitrogens with one attached hydrogen (secondary N) is 1. The molecule has 1 aromatic heterocycles. The number of hydrogen-bond donors (Lipinski definition) is 1. The Balaban J connectivity index is 1.92. The highest BCUT2D eigenvalue weighted by Crippen LogP contribution is 2.22. The lowest BCUT2D eigenvalue weighted by atomic mass is 10.1. The van der Waals surface area contributed by atoms with E-state index in [9.17, 15) is 8.78 Å². The lowest BCUT2D eigenvalue weighted by Gasteiger charge is -2.10. The van der Waals surface area contributed by atoms with Crippen LogP contribution in [0.25, 0.3) is 5.69 Å². The second-order valence-corrected chi connectivity index (χ2v) is 5.53. The fourth-order valence-corrected chi connectivity index (χ4v) is 2.46. The van der Waals surface area contributed by atoms with Crippen LogP contribution in [0.5, 0.6) is 0 Å². The van der Waals surface area contributed by atoms with Crippen LogP contribution < -0.4 is 5.32 Å². The van der Waals surface area contributed by atoms with Crippen LogP contribution in [0.3, 0.4) is 0 Å². The molecule has 3 rings (SSSR count). The Kier molecular flexibility index (Phi) is 4.01. The van der Waals surface area contributed by atoms with Crippen molar-refractivity contribution < 1.29 is 8.78 Å². The van der Waals surface area contributed by atoms with Gasteiger partial charge in [-0.25, -0.2) is 13.5 Å². The lowest BCUT2D eigenvalue weighted by molar-refractivity contribution is 0.570. The van der Waals surface area contributed by atoms with Crippen molar-refractivity contribution in [3.05, 3.63) is 47.3 Å². The molecule has 1 aliphatic rings. The molecular weight excluding hydrogens is 272 g/mol. The SMILES string of the molecule is CCCc1c(CNC2CC2)cnn1-c1ccc(F)cc1F. The second-order valence-electron chi connectivity index (χ2n) is 5.53. The number of nitrogens with zero attached hydrogens (tertiary/aromatic N) is 2. The van der Waals surface area contributed by atoms with Gasteiger partial charge in [0, 0.05) is 29.9 Å². The largest absolute Gasteiger partial charge is 0.310 e. The molecule has 1 saturated carbocycles. The van der Waals surface area contributed by atoms with Gasteiger partial charge < -0.3 is 5.32 Å². The van der Waals surface area contributed by atoms with Gasteiger partial charge in [-0.1, -0.05) is 13.3 Å². The summed E-state index contributed by atoms with van der Waals surface area (Å²) in [4.78, 5) is 0. The average Bonchev–Trinajstić information content (AvgIpc) is 3.20. The molecule has 1 fully saturated rings. The van der Waals surface area contributed by atoms with Gasteiger partial charge in [0.25, 0.3) is 0 Å². The molecule has 0 amide bonds. The van der Waals surface area contributed by atoms with Crippen LogP contribution in [0.1, 0.15) is 37.4 Å². The van der Waals surface area contributed by atoms with Crippen molar-refractivity contribution in [1.29, 1.82) is 0 Å². The molecule has 0 unspecified atom stereocenters. The molecule has 3 nitrogen and oxygen atoms in total. The molecule has 1 aliphatic carbocycles. The summed E-state index contributed by atoms with van der Waals surface area (Å²) in [5.74, 6) is -1.16. The van der Waals surface area contributed by atoms with E-state index in [-0.39, 0.29) is 0 Å². The van der Waals surface area contributed by atoms with Crippen LogP contribution in [0, 0.1) is 11.6 Å². The van der Waals surface area contributed by atoms with Crippen LogP contribution in [0.4, 0.5) is 8.78 Å². The van der Waals surface area contributed by atoms with Gasteiger partial charge in [0.05, 0.1) is 6.20 Å². The summed E-state index contributed by atoms with van der Waals surface area (Å²) < 4.78 is 28.6. The van der Waals surface area contributed by atoms with Gasteiger partial charge in [0.2, 0.25) is 0 Å². The minimum absolute atomic E-state index is 0.303. The predicted octanol–water partition coefficient (Wildman–Crippen LogP) is 3.36. The Hall–Kier alpha value is -1.75. The molecule has 0 bridgehead atoms. The van der Waals surface area contributed by atoms with Crippen molar-refractivity contribution in [2.45, 2.75) is 45.2 Å². The normalized spacial score (nSPS) is 14.6. The molecule has 5 heteroatoms. The van der Waals surface area contributed by atoms with Crippen LogP contribution in [0.2, 0.25) is 0 Å². The minimum Gasteiger partial charge on any atom is -0.310 e. The Bertz CT molecular complexity index is 632. The summed E-state index contributed by atoms with van der Waals surface area (Å²) in [6.45, 7) is 2.83. The summed E-state index contributed by atoms with van der Waals surface area (Å²) in [5.41, 5.74) is 2.39. The standard InChI is InChI=1S/C16H19F2N3/c1-2-3-15-11(9-19-13-5-6-13)10-20-21(15)16-7-4-12(17)8-14(16)18/h4,7-8,10,13,19H,2-3,5-6,9H2,1H3. The summed E-state index contributed by atoms with van der Waals surface area (Å²) in [7, 11) is 0.